The van der Waals surface area contributed by atoms with E-state index in [0.717, 1.165) is 0 Å². The molecule has 4 nitrogen and oxygen atoms in total. The van der Waals surface area contributed by atoms with Crippen molar-refractivity contribution >= 4 is 37.8 Å². The zero-order valence-corrected chi connectivity index (χ0v) is 7.37. The van der Waals surface area contributed by atoms with Crippen molar-refractivity contribution in [2.24, 2.45) is 0 Å². The minimum absolute atomic E-state index is 0.0413. The molecule has 0 fully saturated rings. The standard InChI is InChI=1S/C2H5BrClNO3S/c3-2(1-5-4)9(6,7)8/h2,5H,1H2,(H,6,7,8). The lowest BCUT2D eigenvalue weighted by atomic mass is 10.8. The molecule has 7 heteroatoms. The highest BCUT2D eigenvalue weighted by Crippen LogP contribution is 2.05. The van der Waals surface area contributed by atoms with Gasteiger partial charge >= 0.3 is 0 Å². The number of halogens is 2. The van der Waals surface area contributed by atoms with E-state index in [1.165, 1.54) is 0 Å². The lowest BCUT2D eigenvalue weighted by molar-refractivity contribution is 0.480. The topological polar surface area (TPSA) is 66.4 Å². The predicted molar refractivity (Wildman–Crippen MR) is 38.1 cm³/mol. The highest BCUT2D eigenvalue weighted by atomic mass is 79.9. The zero-order chi connectivity index (χ0) is 7.49. The van der Waals surface area contributed by atoms with Gasteiger partial charge in [-0.3, -0.25) is 4.55 Å². The summed E-state index contributed by atoms with van der Waals surface area (Å²) in [5, 5.41) is 0. The van der Waals surface area contributed by atoms with Crippen LogP contribution in [0.15, 0.2) is 0 Å². The molecule has 0 aliphatic rings. The van der Waals surface area contributed by atoms with Gasteiger partial charge in [-0.2, -0.15) is 8.42 Å². The van der Waals surface area contributed by atoms with E-state index < -0.39 is 14.3 Å². The van der Waals surface area contributed by atoms with Gasteiger partial charge in [-0.15, -0.1) is 0 Å². The second kappa shape index (κ2) is 3.72. The Kier molecular flexibility index (Phi) is 3.99. The largest absolute Gasteiger partial charge is 0.285 e. The SMILES string of the molecule is O=S(=O)(O)C(Br)CNCl. The first-order valence-electron chi connectivity index (χ1n) is 1.92. The summed E-state index contributed by atoms with van der Waals surface area (Å²) in [5.41, 5.74) is 0. The molecule has 0 radical (unpaired) electrons. The molecule has 0 heterocycles. The van der Waals surface area contributed by atoms with E-state index in [1.807, 2.05) is 0 Å². The van der Waals surface area contributed by atoms with Crippen LogP contribution in [0.2, 0.25) is 0 Å². The fourth-order valence-corrected chi connectivity index (χ4v) is 1.05. The molecule has 0 spiro atoms. The predicted octanol–water partition coefficient (Wildman–Crippen LogP) is 0.339. The lowest BCUT2D eigenvalue weighted by Gasteiger charge is -2.01. The van der Waals surface area contributed by atoms with Crippen molar-refractivity contribution in [3.8, 4) is 0 Å². The van der Waals surface area contributed by atoms with Crippen LogP contribution in [0.3, 0.4) is 0 Å². The number of hydrogen-bond acceptors (Lipinski definition) is 3. The molecule has 1 atom stereocenters. The summed E-state index contributed by atoms with van der Waals surface area (Å²) in [5.74, 6) is 0. The van der Waals surface area contributed by atoms with E-state index in [9.17, 15) is 8.42 Å². The summed E-state index contributed by atoms with van der Waals surface area (Å²) in [6, 6.07) is 0. The summed E-state index contributed by atoms with van der Waals surface area (Å²) in [6.07, 6.45) is 0. The van der Waals surface area contributed by atoms with Gasteiger partial charge in [-0.05, 0) is 11.8 Å². The Morgan fingerprint density at radius 3 is 2.33 bits per heavy atom. The fourth-order valence-electron chi connectivity index (χ4n) is 0.166. The minimum Gasteiger partial charge on any atom is -0.285 e. The zero-order valence-electron chi connectivity index (χ0n) is 4.21. The Morgan fingerprint density at radius 1 is 1.78 bits per heavy atom. The van der Waals surface area contributed by atoms with Crippen LogP contribution in [0.4, 0.5) is 0 Å². The molecule has 0 saturated carbocycles. The highest BCUT2D eigenvalue weighted by molar-refractivity contribution is 9.11. The third-order valence-electron chi connectivity index (χ3n) is 0.561. The Labute approximate surface area is 66.6 Å². The highest BCUT2D eigenvalue weighted by Gasteiger charge is 2.17. The summed E-state index contributed by atoms with van der Waals surface area (Å²) in [4.78, 5) is 2.06. The van der Waals surface area contributed by atoms with Crippen LogP contribution in [0.1, 0.15) is 0 Å². The third kappa shape index (κ3) is 4.10. The van der Waals surface area contributed by atoms with Gasteiger partial charge in [-0.1, -0.05) is 15.9 Å². The maximum absolute atomic E-state index is 10.1. The Morgan fingerprint density at radius 2 is 2.22 bits per heavy atom. The normalized spacial score (nSPS) is 15.4. The van der Waals surface area contributed by atoms with Gasteiger partial charge in [-0.25, -0.2) is 4.84 Å². The van der Waals surface area contributed by atoms with E-state index >= 15 is 0 Å². The van der Waals surface area contributed by atoms with Crippen LogP contribution in [0.25, 0.3) is 0 Å². The van der Waals surface area contributed by atoms with Crippen molar-refractivity contribution in [3.05, 3.63) is 0 Å². The van der Waals surface area contributed by atoms with Crippen LogP contribution in [0.5, 0.6) is 0 Å². The molecule has 0 amide bonds. The average Bonchev–Trinajstić information content (AvgIpc) is 1.64. The summed E-state index contributed by atoms with van der Waals surface area (Å²) >= 11 is 7.62. The van der Waals surface area contributed by atoms with Crippen LogP contribution < -0.4 is 4.84 Å². The monoisotopic (exact) mass is 237 g/mol. The molecule has 56 valence electrons. The maximum atomic E-state index is 10.1. The van der Waals surface area contributed by atoms with E-state index in [1.54, 1.807) is 0 Å². The first-order chi connectivity index (χ1) is 3.98. The van der Waals surface area contributed by atoms with Crippen molar-refractivity contribution < 1.29 is 13.0 Å². The quantitative estimate of drug-likeness (QED) is 0.423. The van der Waals surface area contributed by atoms with Crippen molar-refractivity contribution in [2.45, 2.75) is 4.16 Å². The first-order valence-corrected chi connectivity index (χ1v) is 4.72. The molecule has 0 aromatic carbocycles. The molecule has 0 aromatic rings. The fraction of sp³-hybridized carbons (Fsp3) is 1.00. The molecule has 0 aromatic heterocycles. The van der Waals surface area contributed by atoms with Crippen molar-refractivity contribution in [2.75, 3.05) is 6.54 Å². The molecule has 0 aliphatic heterocycles. The third-order valence-corrected chi connectivity index (χ3v) is 3.27. The summed E-state index contributed by atoms with van der Waals surface area (Å²) < 4.78 is 27.5. The van der Waals surface area contributed by atoms with Crippen molar-refractivity contribution in [1.82, 2.24) is 4.84 Å². The van der Waals surface area contributed by atoms with Gasteiger partial charge in [0, 0.05) is 6.54 Å². The Hall–Kier alpha value is 0.640. The second-order valence-electron chi connectivity index (χ2n) is 1.26. The van der Waals surface area contributed by atoms with Crippen LogP contribution in [-0.4, -0.2) is 23.7 Å². The number of nitrogens with one attached hydrogen (secondary N) is 1. The van der Waals surface area contributed by atoms with E-state index in [0.29, 0.717) is 0 Å². The smallest absolute Gasteiger partial charge is 0.279 e. The van der Waals surface area contributed by atoms with Gasteiger partial charge in [0.05, 0.1) is 0 Å². The van der Waals surface area contributed by atoms with Crippen LogP contribution in [-0.2, 0) is 10.1 Å². The molecular formula is C2H5BrClNO3S. The average molecular weight is 238 g/mol. The first kappa shape index (κ1) is 9.64. The lowest BCUT2D eigenvalue weighted by Crippen LogP contribution is -2.23. The molecular weight excluding hydrogens is 233 g/mol. The van der Waals surface area contributed by atoms with Gasteiger partial charge in [0.15, 0.2) is 4.16 Å². The van der Waals surface area contributed by atoms with Crippen molar-refractivity contribution in [3.63, 3.8) is 0 Å². The molecule has 0 rings (SSSR count). The number of hydrogen-bond donors (Lipinski definition) is 2. The van der Waals surface area contributed by atoms with Gasteiger partial charge in [0.1, 0.15) is 0 Å². The summed E-state index contributed by atoms with van der Waals surface area (Å²) in [6.45, 7) is -0.0413. The minimum atomic E-state index is -4.00. The van der Waals surface area contributed by atoms with Crippen molar-refractivity contribution in [1.29, 1.82) is 0 Å². The van der Waals surface area contributed by atoms with Crippen LogP contribution >= 0.6 is 27.7 Å². The molecule has 0 saturated heterocycles. The van der Waals surface area contributed by atoms with Gasteiger partial charge < -0.3 is 0 Å². The maximum Gasteiger partial charge on any atom is 0.279 e. The summed E-state index contributed by atoms with van der Waals surface area (Å²) in [7, 11) is -4.00. The Balaban J connectivity index is 3.90. The van der Waals surface area contributed by atoms with Gasteiger partial charge in [0.2, 0.25) is 0 Å². The molecule has 1 unspecified atom stereocenters. The number of alkyl halides is 1. The van der Waals surface area contributed by atoms with Gasteiger partial charge in [0.25, 0.3) is 10.1 Å². The second-order valence-corrected chi connectivity index (χ2v) is 4.84. The molecule has 9 heavy (non-hydrogen) atoms. The Bertz CT molecular complexity index is 169. The molecule has 0 aliphatic carbocycles. The molecule has 2 N–H and O–H groups in total. The van der Waals surface area contributed by atoms with Crippen LogP contribution in [0, 0.1) is 0 Å². The van der Waals surface area contributed by atoms with E-state index in [-0.39, 0.29) is 6.54 Å². The number of rotatable bonds is 3. The molecule has 0 bridgehead atoms. The van der Waals surface area contributed by atoms with E-state index in [4.69, 9.17) is 16.3 Å². The van der Waals surface area contributed by atoms with E-state index in [2.05, 4.69) is 20.8 Å².